The van der Waals surface area contributed by atoms with E-state index >= 15 is 0 Å². The molecule has 1 atom stereocenters. The van der Waals surface area contributed by atoms with Gasteiger partial charge in [-0.2, -0.15) is 0 Å². The second-order valence-electron chi connectivity index (χ2n) is 4.64. The first-order chi connectivity index (χ1) is 7.33. The highest BCUT2D eigenvalue weighted by molar-refractivity contribution is 4.83. The Hall–Kier alpha value is -0.120. The molecule has 0 aromatic heterocycles. The summed E-state index contributed by atoms with van der Waals surface area (Å²) in [6, 6.07) is 0. The fourth-order valence-electron chi connectivity index (χ4n) is 2.46. The Balaban J connectivity index is 2.28. The molecule has 1 aliphatic heterocycles. The van der Waals surface area contributed by atoms with Crippen molar-refractivity contribution in [2.24, 2.45) is 5.41 Å². The number of ether oxygens (including phenoxy) is 2. The van der Waals surface area contributed by atoms with Crippen LogP contribution in [0, 0.1) is 5.41 Å². The van der Waals surface area contributed by atoms with Crippen molar-refractivity contribution in [3.8, 4) is 0 Å². The van der Waals surface area contributed by atoms with Gasteiger partial charge in [-0.15, -0.1) is 0 Å². The van der Waals surface area contributed by atoms with Crippen molar-refractivity contribution in [2.75, 3.05) is 40.5 Å². The van der Waals surface area contributed by atoms with Gasteiger partial charge in [-0.1, -0.05) is 6.42 Å². The molecule has 0 aromatic carbocycles. The van der Waals surface area contributed by atoms with E-state index in [2.05, 4.69) is 5.32 Å². The largest absolute Gasteiger partial charge is 0.385 e. The van der Waals surface area contributed by atoms with Crippen molar-refractivity contribution in [3.63, 3.8) is 0 Å². The van der Waals surface area contributed by atoms with Gasteiger partial charge in [-0.05, 0) is 32.7 Å². The Bertz CT molecular complexity index is 150. The fraction of sp³-hybridized carbons (Fsp3) is 1.00. The molecule has 0 aliphatic carbocycles. The summed E-state index contributed by atoms with van der Waals surface area (Å²) >= 11 is 0. The highest BCUT2D eigenvalue weighted by Gasteiger charge is 2.31. The first kappa shape index (κ1) is 12.9. The van der Waals surface area contributed by atoms with Gasteiger partial charge in [-0.25, -0.2) is 0 Å². The van der Waals surface area contributed by atoms with Gasteiger partial charge in [0.1, 0.15) is 0 Å². The molecule has 3 nitrogen and oxygen atoms in total. The van der Waals surface area contributed by atoms with Crippen LogP contribution in [0.5, 0.6) is 0 Å². The third-order valence-electron chi connectivity index (χ3n) is 3.26. The summed E-state index contributed by atoms with van der Waals surface area (Å²) in [5.41, 5.74) is 0.390. The van der Waals surface area contributed by atoms with E-state index in [9.17, 15) is 0 Å². The zero-order valence-corrected chi connectivity index (χ0v) is 10.2. The minimum absolute atomic E-state index is 0.390. The number of methoxy groups -OCH3 is 1. The van der Waals surface area contributed by atoms with Gasteiger partial charge < -0.3 is 14.8 Å². The quantitative estimate of drug-likeness (QED) is 0.657. The van der Waals surface area contributed by atoms with Crippen LogP contribution in [0.3, 0.4) is 0 Å². The van der Waals surface area contributed by atoms with Crippen LogP contribution in [0.1, 0.15) is 32.1 Å². The van der Waals surface area contributed by atoms with Crippen molar-refractivity contribution in [3.05, 3.63) is 0 Å². The molecule has 1 rings (SSSR count). The SMILES string of the molecule is CNCC1(CCCCOC)CCCOC1. The van der Waals surface area contributed by atoms with Crippen molar-refractivity contribution < 1.29 is 9.47 Å². The van der Waals surface area contributed by atoms with E-state index < -0.39 is 0 Å². The number of rotatable bonds is 7. The molecule has 3 heteroatoms. The average molecular weight is 215 g/mol. The first-order valence-corrected chi connectivity index (χ1v) is 6.04. The molecule has 1 fully saturated rings. The molecule has 0 saturated carbocycles. The zero-order chi connectivity index (χ0) is 11.0. The molecule has 90 valence electrons. The Labute approximate surface area is 93.5 Å². The maximum absolute atomic E-state index is 5.62. The third kappa shape index (κ3) is 4.49. The topological polar surface area (TPSA) is 30.5 Å². The normalized spacial score (nSPS) is 26.8. The van der Waals surface area contributed by atoms with Crippen LogP contribution in [-0.4, -0.2) is 40.5 Å². The second kappa shape index (κ2) is 7.20. The minimum Gasteiger partial charge on any atom is -0.385 e. The monoisotopic (exact) mass is 215 g/mol. The lowest BCUT2D eigenvalue weighted by Gasteiger charge is -2.37. The molecule has 0 radical (unpaired) electrons. The summed E-state index contributed by atoms with van der Waals surface area (Å²) in [5, 5.41) is 3.31. The van der Waals surface area contributed by atoms with E-state index in [-0.39, 0.29) is 0 Å². The molecule has 1 heterocycles. The van der Waals surface area contributed by atoms with Gasteiger partial charge in [0.25, 0.3) is 0 Å². The van der Waals surface area contributed by atoms with E-state index in [0.29, 0.717) is 5.41 Å². The summed E-state index contributed by atoms with van der Waals surface area (Å²) in [4.78, 5) is 0. The minimum atomic E-state index is 0.390. The summed E-state index contributed by atoms with van der Waals surface area (Å²) in [6.07, 6.45) is 6.20. The number of hydrogen-bond donors (Lipinski definition) is 1. The number of unbranched alkanes of at least 4 members (excludes halogenated alkanes) is 1. The van der Waals surface area contributed by atoms with E-state index in [4.69, 9.17) is 9.47 Å². The Kier molecular flexibility index (Phi) is 6.22. The predicted molar refractivity (Wildman–Crippen MR) is 62.1 cm³/mol. The predicted octanol–water partition coefficient (Wildman–Crippen LogP) is 1.82. The van der Waals surface area contributed by atoms with Crippen LogP contribution in [-0.2, 0) is 9.47 Å². The molecule has 1 aliphatic rings. The summed E-state index contributed by atoms with van der Waals surface area (Å²) in [7, 11) is 3.80. The molecule has 1 unspecified atom stereocenters. The van der Waals surface area contributed by atoms with Crippen LogP contribution in [0.4, 0.5) is 0 Å². The van der Waals surface area contributed by atoms with Crippen molar-refractivity contribution in [1.29, 1.82) is 0 Å². The standard InChI is InChI=1S/C12H25NO2/c1-13-10-12(6-3-4-8-14-2)7-5-9-15-11-12/h13H,3-11H2,1-2H3. The molecule has 0 spiro atoms. The van der Waals surface area contributed by atoms with Gasteiger partial charge in [0, 0.05) is 32.3 Å². The van der Waals surface area contributed by atoms with E-state index in [1.54, 1.807) is 7.11 Å². The van der Waals surface area contributed by atoms with E-state index in [1.807, 2.05) is 7.05 Å². The van der Waals surface area contributed by atoms with Crippen molar-refractivity contribution >= 4 is 0 Å². The number of hydrogen-bond acceptors (Lipinski definition) is 3. The van der Waals surface area contributed by atoms with Crippen molar-refractivity contribution in [2.45, 2.75) is 32.1 Å². The fourth-order valence-corrected chi connectivity index (χ4v) is 2.46. The van der Waals surface area contributed by atoms with Crippen LogP contribution in [0.15, 0.2) is 0 Å². The Morgan fingerprint density at radius 2 is 2.27 bits per heavy atom. The van der Waals surface area contributed by atoms with Crippen LogP contribution in [0.25, 0.3) is 0 Å². The molecular weight excluding hydrogens is 190 g/mol. The molecular formula is C12H25NO2. The molecule has 1 saturated heterocycles. The van der Waals surface area contributed by atoms with Gasteiger partial charge in [0.15, 0.2) is 0 Å². The van der Waals surface area contributed by atoms with Gasteiger partial charge >= 0.3 is 0 Å². The second-order valence-corrected chi connectivity index (χ2v) is 4.64. The van der Waals surface area contributed by atoms with E-state index in [0.717, 1.165) is 26.4 Å². The maximum atomic E-state index is 5.62. The Morgan fingerprint density at radius 1 is 1.40 bits per heavy atom. The molecule has 0 aromatic rings. The van der Waals surface area contributed by atoms with Gasteiger partial charge in [0.05, 0.1) is 6.61 Å². The first-order valence-electron chi connectivity index (χ1n) is 6.04. The highest BCUT2D eigenvalue weighted by Crippen LogP contribution is 2.33. The van der Waals surface area contributed by atoms with Crippen LogP contribution in [0.2, 0.25) is 0 Å². The lowest BCUT2D eigenvalue weighted by Crippen LogP contribution is -2.40. The van der Waals surface area contributed by atoms with Gasteiger partial charge in [0.2, 0.25) is 0 Å². The maximum Gasteiger partial charge on any atom is 0.0534 e. The van der Waals surface area contributed by atoms with Crippen LogP contribution < -0.4 is 5.32 Å². The third-order valence-corrected chi connectivity index (χ3v) is 3.26. The summed E-state index contributed by atoms with van der Waals surface area (Å²) < 4.78 is 10.7. The van der Waals surface area contributed by atoms with E-state index in [1.165, 1.54) is 32.1 Å². The van der Waals surface area contributed by atoms with Gasteiger partial charge in [-0.3, -0.25) is 0 Å². The summed E-state index contributed by atoms with van der Waals surface area (Å²) in [5.74, 6) is 0. The lowest BCUT2D eigenvalue weighted by atomic mass is 9.78. The molecule has 15 heavy (non-hydrogen) atoms. The molecule has 1 N–H and O–H groups in total. The molecule has 0 bridgehead atoms. The average Bonchev–Trinajstić information content (AvgIpc) is 2.26. The zero-order valence-electron chi connectivity index (χ0n) is 10.2. The van der Waals surface area contributed by atoms with Crippen LogP contribution >= 0.6 is 0 Å². The number of nitrogens with one attached hydrogen (secondary N) is 1. The Morgan fingerprint density at radius 3 is 2.87 bits per heavy atom. The molecule has 0 amide bonds. The highest BCUT2D eigenvalue weighted by atomic mass is 16.5. The smallest absolute Gasteiger partial charge is 0.0534 e. The summed E-state index contributed by atoms with van der Waals surface area (Å²) in [6.45, 7) is 3.85. The van der Waals surface area contributed by atoms with Crippen molar-refractivity contribution in [1.82, 2.24) is 5.32 Å². The lowest BCUT2D eigenvalue weighted by molar-refractivity contribution is -0.0130.